The van der Waals surface area contributed by atoms with Crippen LogP contribution in [-0.2, 0) is 32.7 Å². The zero-order chi connectivity index (χ0) is 39.8. The van der Waals surface area contributed by atoms with Crippen LogP contribution in [0.15, 0.2) is 72.9 Å². The summed E-state index contributed by atoms with van der Waals surface area (Å²) in [6.07, 6.45) is 42.7. The van der Waals surface area contributed by atoms with E-state index in [1.54, 1.807) is 0 Å². The molecule has 0 aromatic carbocycles. The molecule has 0 bridgehead atoms. The van der Waals surface area contributed by atoms with E-state index < -0.39 is 32.5 Å². The highest BCUT2D eigenvalue weighted by Crippen LogP contribution is 2.43. The second-order valence-corrected chi connectivity index (χ2v) is 14.8. The van der Waals surface area contributed by atoms with E-state index in [4.69, 9.17) is 24.3 Å². The van der Waals surface area contributed by atoms with Crippen LogP contribution in [0.3, 0.4) is 0 Å². The molecule has 0 rings (SSSR count). The van der Waals surface area contributed by atoms with Crippen LogP contribution in [0.2, 0.25) is 0 Å². The number of rotatable bonds is 37. The van der Waals surface area contributed by atoms with Gasteiger partial charge in [0.2, 0.25) is 0 Å². The van der Waals surface area contributed by atoms with Gasteiger partial charge in [-0.3, -0.25) is 18.6 Å². The first-order chi connectivity index (χ1) is 26.2. The number of ether oxygens (including phenoxy) is 2. The van der Waals surface area contributed by atoms with Gasteiger partial charge >= 0.3 is 19.8 Å². The van der Waals surface area contributed by atoms with E-state index in [0.717, 1.165) is 77.0 Å². The van der Waals surface area contributed by atoms with Crippen LogP contribution in [0.5, 0.6) is 0 Å². The Balaban J connectivity index is 4.36. The number of phosphoric ester groups is 1. The number of carbonyl (C=O) groups is 2. The summed E-state index contributed by atoms with van der Waals surface area (Å²) in [5.41, 5.74) is 5.33. The molecule has 0 saturated carbocycles. The largest absolute Gasteiger partial charge is 0.472 e. The van der Waals surface area contributed by atoms with Crippen molar-refractivity contribution < 1.29 is 42.7 Å². The van der Waals surface area contributed by atoms with Gasteiger partial charge in [-0.2, -0.15) is 0 Å². The third-order valence-electron chi connectivity index (χ3n) is 8.14. The molecule has 0 heterocycles. The molecule has 1 unspecified atom stereocenters. The highest BCUT2D eigenvalue weighted by molar-refractivity contribution is 7.47. The van der Waals surface area contributed by atoms with E-state index >= 15 is 0 Å². The van der Waals surface area contributed by atoms with Crippen molar-refractivity contribution in [2.24, 2.45) is 5.73 Å². The highest BCUT2D eigenvalue weighted by atomic mass is 31.2. The molecule has 0 fully saturated rings. The minimum atomic E-state index is -4.41. The van der Waals surface area contributed by atoms with Crippen molar-refractivity contribution in [3.05, 3.63) is 72.9 Å². The molecule has 11 heteroatoms. The van der Waals surface area contributed by atoms with Gasteiger partial charge in [0, 0.05) is 19.4 Å². The molecular weight excluding hydrogens is 705 g/mol. The summed E-state index contributed by atoms with van der Waals surface area (Å²) in [6, 6.07) is 0. The third-order valence-corrected chi connectivity index (χ3v) is 9.12. The van der Waals surface area contributed by atoms with Gasteiger partial charge in [-0.05, 0) is 77.0 Å². The Morgan fingerprint density at radius 1 is 0.630 bits per heavy atom. The summed E-state index contributed by atoms with van der Waals surface area (Å²) >= 11 is 0. The Hall–Kier alpha value is -2.59. The molecule has 3 atom stereocenters. The number of phosphoric acid groups is 1. The topological polar surface area (TPSA) is 155 Å². The van der Waals surface area contributed by atoms with Crippen LogP contribution < -0.4 is 5.73 Å². The molecule has 0 aliphatic heterocycles. The molecule has 0 aliphatic carbocycles. The lowest BCUT2D eigenvalue weighted by atomic mass is 10.1. The normalized spacial score (nSPS) is 14.7. The van der Waals surface area contributed by atoms with Gasteiger partial charge in [0.15, 0.2) is 6.10 Å². The molecule has 310 valence electrons. The van der Waals surface area contributed by atoms with Gasteiger partial charge in [0.05, 0.1) is 19.3 Å². The predicted molar refractivity (Wildman–Crippen MR) is 221 cm³/mol. The molecule has 4 N–H and O–H groups in total. The fraction of sp³-hybridized carbons (Fsp3) is 0.674. The molecule has 54 heavy (non-hydrogen) atoms. The van der Waals surface area contributed by atoms with Gasteiger partial charge in [-0.25, -0.2) is 4.57 Å². The smallest absolute Gasteiger partial charge is 0.462 e. The maximum absolute atomic E-state index is 12.5. The van der Waals surface area contributed by atoms with Crippen molar-refractivity contribution in [2.45, 2.75) is 161 Å². The SMILES string of the molecule is CCCCC/C=C\C/C=C\CCCCCCCC(=O)OC[C@H](COP(=O)(O)OCCN)OC(=O)CCC/C=C\C/C=C\C/C=C\C/C=C\[C@H](O)CCCC. The van der Waals surface area contributed by atoms with Crippen molar-refractivity contribution in [3.63, 3.8) is 0 Å². The predicted octanol–water partition coefficient (Wildman–Crippen LogP) is 10.5. The lowest BCUT2D eigenvalue weighted by molar-refractivity contribution is -0.161. The van der Waals surface area contributed by atoms with Crippen LogP contribution in [0, 0.1) is 0 Å². The minimum Gasteiger partial charge on any atom is -0.462 e. The second-order valence-electron chi connectivity index (χ2n) is 13.3. The molecule has 0 radical (unpaired) electrons. The molecule has 0 spiro atoms. The maximum Gasteiger partial charge on any atom is 0.472 e. The van der Waals surface area contributed by atoms with E-state index in [2.05, 4.69) is 62.5 Å². The molecule has 0 amide bonds. The molecule has 0 saturated heterocycles. The van der Waals surface area contributed by atoms with E-state index in [-0.39, 0.29) is 38.7 Å². The standard InChI is InChI=1S/C43H74NO9P/c1-3-5-7-8-9-10-11-12-13-14-18-21-24-27-30-34-42(46)50-38-41(39-52-54(48,49)51-37-36-44)53-43(47)35-31-28-25-22-19-16-15-17-20-23-26-29-33-40(45)32-6-4-2/h9-10,12-13,15-16,20,22-23,25,29,33,40-41,45H,3-8,11,14,17-19,21,24,26-28,30-32,34-39,44H2,1-2H3,(H,48,49)/b10-9-,13-12-,16-15-,23-20-,25-22-,33-29-/t40-,41-/m1/s1. The zero-order valence-electron chi connectivity index (χ0n) is 33.5. The monoisotopic (exact) mass is 780 g/mol. The highest BCUT2D eigenvalue weighted by Gasteiger charge is 2.25. The van der Waals surface area contributed by atoms with Gasteiger partial charge in [-0.15, -0.1) is 0 Å². The number of aliphatic hydroxyl groups is 1. The molecule has 0 aromatic heterocycles. The fourth-order valence-electron chi connectivity index (χ4n) is 5.03. The summed E-state index contributed by atoms with van der Waals surface area (Å²) in [5.74, 6) is -0.941. The quantitative estimate of drug-likeness (QED) is 0.0240. The number of hydrogen-bond acceptors (Lipinski definition) is 9. The minimum absolute atomic E-state index is 0.0323. The van der Waals surface area contributed by atoms with Gasteiger partial charge in [-0.1, -0.05) is 132 Å². The van der Waals surface area contributed by atoms with Crippen molar-refractivity contribution in [1.29, 1.82) is 0 Å². The molecule has 0 aliphatic rings. The second kappa shape index (κ2) is 38.7. The van der Waals surface area contributed by atoms with Crippen LogP contribution in [0.25, 0.3) is 0 Å². The van der Waals surface area contributed by atoms with Crippen LogP contribution in [0.4, 0.5) is 0 Å². The Bertz CT molecular complexity index is 1130. The number of hydrogen-bond donors (Lipinski definition) is 3. The lowest BCUT2D eigenvalue weighted by Crippen LogP contribution is -2.29. The van der Waals surface area contributed by atoms with E-state index in [1.807, 2.05) is 24.3 Å². The molecular formula is C43H74NO9P. The first-order valence-corrected chi connectivity index (χ1v) is 22.0. The van der Waals surface area contributed by atoms with Gasteiger partial charge in [0.25, 0.3) is 0 Å². The molecule has 10 nitrogen and oxygen atoms in total. The number of unbranched alkanes of at least 4 members (excludes halogenated alkanes) is 10. The maximum atomic E-state index is 12.5. The first-order valence-electron chi connectivity index (χ1n) is 20.5. The summed E-state index contributed by atoms with van der Waals surface area (Å²) in [4.78, 5) is 34.8. The van der Waals surface area contributed by atoms with Gasteiger partial charge < -0.3 is 25.2 Å². The van der Waals surface area contributed by atoms with Crippen LogP contribution in [0.1, 0.15) is 149 Å². The van der Waals surface area contributed by atoms with Crippen molar-refractivity contribution in [1.82, 2.24) is 0 Å². The van der Waals surface area contributed by atoms with Crippen molar-refractivity contribution in [2.75, 3.05) is 26.4 Å². The van der Waals surface area contributed by atoms with Crippen LogP contribution in [-0.4, -0.2) is 60.5 Å². The van der Waals surface area contributed by atoms with Crippen LogP contribution >= 0.6 is 7.82 Å². The Kier molecular flexibility index (Phi) is 36.8. The average Bonchev–Trinajstić information content (AvgIpc) is 3.15. The summed E-state index contributed by atoms with van der Waals surface area (Å²) < 4.78 is 32.6. The van der Waals surface area contributed by atoms with Crippen molar-refractivity contribution in [3.8, 4) is 0 Å². The van der Waals surface area contributed by atoms with E-state index in [9.17, 15) is 24.2 Å². The third kappa shape index (κ3) is 37.7. The zero-order valence-corrected chi connectivity index (χ0v) is 34.4. The average molecular weight is 780 g/mol. The lowest BCUT2D eigenvalue weighted by Gasteiger charge is -2.19. The Morgan fingerprint density at radius 3 is 1.76 bits per heavy atom. The van der Waals surface area contributed by atoms with Crippen molar-refractivity contribution >= 4 is 19.8 Å². The summed E-state index contributed by atoms with van der Waals surface area (Å²) in [6.45, 7) is 3.43. The Labute approximate surface area is 327 Å². The van der Waals surface area contributed by atoms with Gasteiger partial charge in [0.1, 0.15) is 6.61 Å². The number of carbonyl (C=O) groups excluding carboxylic acids is 2. The fourth-order valence-corrected chi connectivity index (χ4v) is 5.79. The summed E-state index contributed by atoms with van der Waals surface area (Å²) in [7, 11) is -4.41. The number of nitrogens with two attached hydrogens (primary N) is 1. The molecule has 0 aromatic rings. The number of esters is 2. The Morgan fingerprint density at radius 2 is 1.15 bits per heavy atom. The van der Waals surface area contributed by atoms with E-state index in [0.29, 0.717) is 19.3 Å². The van der Waals surface area contributed by atoms with E-state index in [1.165, 1.54) is 25.7 Å². The number of allylic oxidation sites excluding steroid dienone is 11. The summed E-state index contributed by atoms with van der Waals surface area (Å²) in [5, 5.41) is 9.80. The first kappa shape index (κ1) is 51.4. The number of aliphatic hydroxyl groups excluding tert-OH is 1.